The molecule has 0 saturated heterocycles. The normalized spacial score (nSPS) is 10.6. The van der Waals surface area contributed by atoms with Crippen LogP contribution in [-0.4, -0.2) is 32.2 Å². The molecule has 148 valence electrons. The first-order chi connectivity index (χ1) is 13.4. The van der Waals surface area contributed by atoms with Gasteiger partial charge in [0.2, 0.25) is 0 Å². The van der Waals surface area contributed by atoms with Crippen LogP contribution in [0.1, 0.15) is 12.5 Å². The second-order valence-electron chi connectivity index (χ2n) is 5.47. The molecule has 0 aliphatic rings. The summed E-state index contributed by atoms with van der Waals surface area (Å²) in [4.78, 5) is 23.6. The van der Waals surface area contributed by atoms with E-state index in [1.807, 2.05) is 6.92 Å². The molecule has 0 spiro atoms. The molecule has 0 aliphatic heterocycles. The molecular weight excluding hydrogens is 389 g/mol. The predicted molar refractivity (Wildman–Crippen MR) is 104 cm³/mol. The van der Waals surface area contributed by atoms with Crippen LogP contribution in [0.25, 0.3) is 6.08 Å². The molecule has 0 radical (unpaired) electrons. The molecule has 0 atom stereocenters. The number of amides is 1. The van der Waals surface area contributed by atoms with Gasteiger partial charge in [0.25, 0.3) is 5.91 Å². The molecule has 8 heteroatoms. The maximum absolute atomic E-state index is 13.1. The monoisotopic (exact) mass is 407 g/mol. The number of hydrogen-bond donors (Lipinski definition) is 1. The Morgan fingerprint density at radius 2 is 2.04 bits per heavy atom. The minimum Gasteiger partial charge on any atom is -0.491 e. The lowest BCUT2D eigenvalue weighted by Crippen LogP contribution is -2.20. The zero-order valence-corrected chi connectivity index (χ0v) is 16.1. The smallest absolute Gasteiger partial charge is 0.331 e. The maximum Gasteiger partial charge on any atom is 0.331 e. The van der Waals surface area contributed by atoms with Crippen LogP contribution in [0.15, 0.2) is 42.5 Å². The predicted octanol–water partition coefficient (Wildman–Crippen LogP) is 4.08. The van der Waals surface area contributed by atoms with Crippen LogP contribution >= 0.6 is 11.6 Å². The van der Waals surface area contributed by atoms with Gasteiger partial charge in [0.1, 0.15) is 5.82 Å². The van der Waals surface area contributed by atoms with Crippen molar-refractivity contribution < 1.29 is 28.2 Å². The number of halogens is 2. The summed E-state index contributed by atoms with van der Waals surface area (Å²) in [6.07, 6.45) is 2.63. The van der Waals surface area contributed by atoms with Gasteiger partial charge in [0, 0.05) is 11.8 Å². The van der Waals surface area contributed by atoms with E-state index in [0.29, 0.717) is 28.7 Å². The van der Waals surface area contributed by atoms with E-state index in [2.05, 4.69) is 5.32 Å². The summed E-state index contributed by atoms with van der Waals surface area (Å²) in [5.74, 6) is -0.947. The number of carbonyl (C=O) groups is 2. The van der Waals surface area contributed by atoms with Crippen molar-refractivity contribution in [2.45, 2.75) is 6.92 Å². The van der Waals surface area contributed by atoms with Gasteiger partial charge in [-0.05, 0) is 48.9 Å². The van der Waals surface area contributed by atoms with E-state index in [-0.39, 0.29) is 5.69 Å². The number of carbonyl (C=O) groups excluding carboxylic acids is 2. The lowest BCUT2D eigenvalue weighted by Gasteiger charge is -2.11. The molecule has 1 N–H and O–H groups in total. The van der Waals surface area contributed by atoms with Crippen LogP contribution < -0.4 is 14.8 Å². The zero-order chi connectivity index (χ0) is 20.5. The van der Waals surface area contributed by atoms with E-state index in [4.69, 9.17) is 25.8 Å². The first kappa shape index (κ1) is 21.2. The molecular formula is C20H19ClFNO5. The Labute approximate surface area is 166 Å². The Morgan fingerprint density at radius 3 is 2.71 bits per heavy atom. The summed E-state index contributed by atoms with van der Waals surface area (Å²) >= 11 is 6.14. The molecule has 0 aliphatic carbocycles. The highest BCUT2D eigenvalue weighted by Gasteiger charge is 2.11. The number of methoxy groups -OCH3 is 1. The first-order valence-electron chi connectivity index (χ1n) is 8.33. The van der Waals surface area contributed by atoms with Crippen molar-refractivity contribution in [2.24, 2.45) is 0 Å². The largest absolute Gasteiger partial charge is 0.491 e. The quantitative estimate of drug-likeness (QED) is 0.527. The third-order valence-electron chi connectivity index (χ3n) is 3.40. The van der Waals surface area contributed by atoms with E-state index in [9.17, 15) is 14.0 Å². The van der Waals surface area contributed by atoms with E-state index >= 15 is 0 Å². The van der Waals surface area contributed by atoms with E-state index in [1.54, 1.807) is 12.1 Å². The van der Waals surface area contributed by atoms with Crippen LogP contribution in [-0.2, 0) is 14.3 Å². The van der Waals surface area contributed by atoms with Gasteiger partial charge in [-0.15, -0.1) is 0 Å². The first-order valence-corrected chi connectivity index (χ1v) is 8.71. The van der Waals surface area contributed by atoms with Gasteiger partial charge in [-0.3, -0.25) is 4.79 Å². The summed E-state index contributed by atoms with van der Waals surface area (Å²) in [6.45, 7) is 1.73. The molecule has 0 heterocycles. The fourth-order valence-corrected chi connectivity index (χ4v) is 2.55. The number of hydrogen-bond acceptors (Lipinski definition) is 5. The second kappa shape index (κ2) is 10.3. The van der Waals surface area contributed by atoms with Crippen LogP contribution in [0.4, 0.5) is 10.1 Å². The summed E-state index contributed by atoms with van der Waals surface area (Å²) in [6, 6.07) is 8.64. The standard InChI is InChI=1S/C20H19ClFNO5/c1-3-27-17-10-13(9-16(21)20(17)26-2)7-8-19(25)28-12-18(24)23-15-6-4-5-14(22)11-15/h4-11H,3,12H2,1-2H3,(H,23,24)/b8-7+. The number of ether oxygens (including phenoxy) is 3. The molecule has 0 unspecified atom stereocenters. The number of esters is 1. The van der Waals surface area contributed by atoms with Gasteiger partial charge in [-0.2, -0.15) is 0 Å². The Balaban J connectivity index is 1.93. The molecule has 0 aromatic heterocycles. The second-order valence-corrected chi connectivity index (χ2v) is 5.87. The summed E-state index contributed by atoms with van der Waals surface area (Å²) < 4.78 is 28.6. The molecule has 2 aromatic rings. The Hall–Kier alpha value is -3.06. The Bertz CT molecular complexity index is 885. The Morgan fingerprint density at radius 1 is 1.25 bits per heavy atom. The Kier molecular flexibility index (Phi) is 7.83. The number of rotatable bonds is 8. The molecule has 2 aromatic carbocycles. The highest BCUT2D eigenvalue weighted by molar-refractivity contribution is 6.32. The molecule has 0 bridgehead atoms. The average molecular weight is 408 g/mol. The van der Waals surface area contributed by atoms with Crippen LogP contribution in [0.3, 0.4) is 0 Å². The highest BCUT2D eigenvalue weighted by atomic mass is 35.5. The van der Waals surface area contributed by atoms with Crippen molar-refractivity contribution in [1.82, 2.24) is 0 Å². The van der Waals surface area contributed by atoms with Crippen molar-refractivity contribution in [2.75, 3.05) is 25.6 Å². The molecule has 0 saturated carbocycles. The third kappa shape index (κ3) is 6.28. The SMILES string of the molecule is CCOc1cc(/C=C/C(=O)OCC(=O)Nc2cccc(F)c2)cc(Cl)c1OC. The van der Waals surface area contributed by atoms with Crippen LogP contribution in [0.2, 0.25) is 5.02 Å². The summed E-state index contributed by atoms with van der Waals surface area (Å²) in [5.41, 5.74) is 0.864. The van der Waals surface area contributed by atoms with Gasteiger partial charge in [-0.25, -0.2) is 9.18 Å². The minimum atomic E-state index is -0.723. The molecule has 28 heavy (non-hydrogen) atoms. The maximum atomic E-state index is 13.1. The molecule has 1 amide bonds. The van der Waals surface area contributed by atoms with E-state index in [0.717, 1.165) is 12.1 Å². The van der Waals surface area contributed by atoms with Gasteiger partial charge in [0.05, 0.1) is 18.7 Å². The van der Waals surface area contributed by atoms with Gasteiger partial charge < -0.3 is 19.5 Å². The highest BCUT2D eigenvalue weighted by Crippen LogP contribution is 2.36. The van der Waals surface area contributed by atoms with Crippen molar-refractivity contribution >= 4 is 35.2 Å². The third-order valence-corrected chi connectivity index (χ3v) is 3.68. The van der Waals surface area contributed by atoms with E-state index < -0.39 is 24.3 Å². The van der Waals surface area contributed by atoms with Crippen molar-refractivity contribution in [3.05, 3.63) is 58.9 Å². The molecule has 2 rings (SSSR count). The fourth-order valence-electron chi connectivity index (χ4n) is 2.26. The molecule has 6 nitrogen and oxygen atoms in total. The molecule has 0 fully saturated rings. The van der Waals surface area contributed by atoms with Gasteiger partial charge in [0.15, 0.2) is 18.1 Å². The average Bonchev–Trinajstić information content (AvgIpc) is 2.65. The van der Waals surface area contributed by atoms with Crippen molar-refractivity contribution in [1.29, 1.82) is 0 Å². The number of benzene rings is 2. The van der Waals surface area contributed by atoms with Crippen LogP contribution in [0, 0.1) is 5.82 Å². The topological polar surface area (TPSA) is 73.9 Å². The van der Waals surface area contributed by atoms with Crippen molar-refractivity contribution in [3.63, 3.8) is 0 Å². The fraction of sp³-hybridized carbons (Fsp3) is 0.200. The summed E-state index contributed by atoms with van der Waals surface area (Å²) in [7, 11) is 1.48. The van der Waals surface area contributed by atoms with Gasteiger partial charge in [-0.1, -0.05) is 17.7 Å². The number of nitrogens with one attached hydrogen (secondary N) is 1. The zero-order valence-electron chi connectivity index (χ0n) is 15.3. The van der Waals surface area contributed by atoms with Crippen LogP contribution in [0.5, 0.6) is 11.5 Å². The minimum absolute atomic E-state index is 0.271. The van der Waals surface area contributed by atoms with E-state index in [1.165, 1.54) is 31.4 Å². The number of anilines is 1. The van der Waals surface area contributed by atoms with Crippen molar-refractivity contribution in [3.8, 4) is 11.5 Å². The lowest BCUT2D eigenvalue weighted by molar-refractivity contribution is -0.142. The summed E-state index contributed by atoms with van der Waals surface area (Å²) in [5, 5.41) is 2.75. The lowest BCUT2D eigenvalue weighted by atomic mass is 10.2. The van der Waals surface area contributed by atoms with Gasteiger partial charge >= 0.3 is 5.97 Å².